The summed E-state index contributed by atoms with van der Waals surface area (Å²) >= 11 is 0. The molecule has 4 heteroatoms. The molecule has 0 spiro atoms. The summed E-state index contributed by atoms with van der Waals surface area (Å²) in [5, 5.41) is 0. The van der Waals surface area contributed by atoms with Crippen molar-refractivity contribution in [3.8, 4) is 0 Å². The zero-order chi connectivity index (χ0) is 10.3. The minimum absolute atomic E-state index is 0.0604. The average Bonchev–Trinajstić information content (AvgIpc) is 2.97. The Morgan fingerprint density at radius 1 is 1.36 bits per heavy atom. The topological polar surface area (TPSA) is 40.6 Å². The van der Waals surface area contributed by atoms with Gasteiger partial charge in [0.05, 0.1) is 0 Å². The molecular formula is C10H16N2O2. The Bertz CT molecular complexity index is 273. The first-order chi connectivity index (χ1) is 6.61. The van der Waals surface area contributed by atoms with Crippen LogP contribution in [-0.4, -0.2) is 47.8 Å². The molecule has 1 aliphatic carbocycles. The molecule has 1 aliphatic heterocycles. The summed E-state index contributed by atoms with van der Waals surface area (Å²) in [7, 11) is 1.79. The molecule has 1 unspecified atom stereocenters. The molecule has 2 fully saturated rings. The third-order valence-electron chi connectivity index (χ3n) is 3.09. The summed E-state index contributed by atoms with van der Waals surface area (Å²) in [6.07, 6.45) is 2.01. The molecule has 0 aromatic rings. The lowest BCUT2D eigenvalue weighted by molar-refractivity contribution is -0.150. The van der Waals surface area contributed by atoms with Crippen molar-refractivity contribution in [1.82, 2.24) is 9.80 Å². The number of nitrogens with zero attached hydrogens (tertiary/aromatic N) is 2. The normalized spacial score (nSPS) is 28.1. The van der Waals surface area contributed by atoms with Crippen LogP contribution in [0.5, 0.6) is 0 Å². The second-order valence-electron chi connectivity index (χ2n) is 4.24. The molecule has 0 radical (unpaired) electrons. The molecule has 0 N–H and O–H groups in total. The minimum atomic E-state index is -0.262. The van der Waals surface area contributed by atoms with E-state index in [1.54, 1.807) is 16.8 Å². The number of piperazine rings is 1. The molecule has 4 nitrogen and oxygen atoms in total. The zero-order valence-electron chi connectivity index (χ0n) is 8.69. The lowest BCUT2D eigenvalue weighted by Crippen LogP contribution is -2.56. The number of carbonyl (C=O) groups is 2. The molecule has 78 valence electrons. The summed E-state index contributed by atoms with van der Waals surface area (Å²) in [4.78, 5) is 26.8. The summed E-state index contributed by atoms with van der Waals surface area (Å²) in [5.74, 6) is 0.456. The van der Waals surface area contributed by atoms with Crippen LogP contribution < -0.4 is 0 Å². The van der Waals surface area contributed by atoms with Gasteiger partial charge in [0.15, 0.2) is 0 Å². The number of rotatable bonds is 1. The highest BCUT2D eigenvalue weighted by Gasteiger charge is 2.39. The quantitative estimate of drug-likeness (QED) is 0.596. The van der Waals surface area contributed by atoms with E-state index in [1.165, 1.54) is 0 Å². The number of amides is 2. The van der Waals surface area contributed by atoms with Gasteiger partial charge in [0.25, 0.3) is 0 Å². The molecule has 14 heavy (non-hydrogen) atoms. The zero-order valence-corrected chi connectivity index (χ0v) is 8.69. The third kappa shape index (κ3) is 1.49. The van der Waals surface area contributed by atoms with Crippen molar-refractivity contribution in [3.63, 3.8) is 0 Å². The molecule has 0 aromatic heterocycles. The van der Waals surface area contributed by atoms with Gasteiger partial charge >= 0.3 is 0 Å². The van der Waals surface area contributed by atoms with Crippen molar-refractivity contribution in [2.24, 2.45) is 5.92 Å². The fourth-order valence-electron chi connectivity index (χ4n) is 1.88. The molecular weight excluding hydrogens is 180 g/mol. The maximum absolute atomic E-state index is 11.8. The molecule has 2 rings (SSSR count). The van der Waals surface area contributed by atoms with Crippen LogP contribution in [0, 0.1) is 5.92 Å². The Kier molecular flexibility index (Phi) is 2.21. The Labute approximate surface area is 83.9 Å². The summed E-state index contributed by atoms with van der Waals surface area (Å²) in [5.41, 5.74) is 0. The summed E-state index contributed by atoms with van der Waals surface area (Å²) < 4.78 is 0. The van der Waals surface area contributed by atoms with Crippen LogP contribution in [0.4, 0.5) is 0 Å². The Hall–Kier alpha value is -1.06. The average molecular weight is 196 g/mol. The van der Waals surface area contributed by atoms with E-state index in [0.29, 0.717) is 13.1 Å². The Balaban J connectivity index is 2.05. The van der Waals surface area contributed by atoms with Crippen LogP contribution in [0.3, 0.4) is 0 Å². The Morgan fingerprint density at radius 3 is 2.57 bits per heavy atom. The van der Waals surface area contributed by atoms with Gasteiger partial charge in [-0.05, 0) is 19.8 Å². The van der Waals surface area contributed by atoms with Gasteiger partial charge in [-0.1, -0.05) is 0 Å². The SMILES string of the molecule is CC1C(=O)N(C)CCN1C(=O)C1CC1. The van der Waals surface area contributed by atoms with Crippen LogP contribution >= 0.6 is 0 Å². The largest absolute Gasteiger partial charge is 0.342 e. The lowest BCUT2D eigenvalue weighted by Gasteiger charge is -2.37. The van der Waals surface area contributed by atoms with E-state index in [-0.39, 0.29) is 23.8 Å². The first kappa shape index (κ1) is 9.49. The maximum atomic E-state index is 11.8. The van der Waals surface area contributed by atoms with Gasteiger partial charge in [-0.15, -0.1) is 0 Å². The second kappa shape index (κ2) is 3.26. The van der Waals surface area contributed by atoms with Crippen LogP contribution in [0.15, 0.2) is 0 Å². The molecule has 1 atom stereocenters. The predicted molar refractivity (Wildman–Crippen MR) is 51.5 cm³/mol. The van der Waals surface area contributed by atoms with Crippen molar-refractivity contribution in [3.05, 3.63) is 0 Å². The maximum Gasteiger partial charge on any atom is 0.244 e. The molecule has 1 saturated heterocycles. The summed E-state index contributed by atoms with van der Waals surface area (Å²) in [6.45, 7) is 3.18. The third-order valence-corrected chi connectivity index (χ3v) is 3.09. The van der Waals surface area contributed by atoms with Gasteiger partial charge in [0.1, 0.15) is 6.04 Å². The van der Waals surface area contributed by atoms with E-state index in [0.717, 1.165) is 12.8 Å². The highest BCUT2D eigenvalue weighted by molar-refractivity contribution is 5.90. The van der Waals surface area contributed by atoms with Crippen molar-refractivity contribution in [2.45, 2.75) is 25.8 Å². The summed E-state index contributed by atoms with van der Waals surface area (Å²) in [6, 6.07) is -0.262. The van der Waals surface area contributed by atoms with Crippen molar-refractivity contribution in [2.75, 3.05) is 20.1 Å². The van der Waals surface area contributed by atoms with E-state index in [2.05, 4.69) is 0 Å². The number of carbonyl (C=O) groups excluding carboxylic acids is 2. The second-order valence-corrected chi connectivity index (χ2v) is 4.24. The van der Waals surface area contributed by atoms with Gasteiger partial charge in [0.2, 0.25) is 11.8 Å². The lowest BCUT2D eigenvalue weighted by atomic mass is 10.1. The first-order valence-corrected chi connectivity index (χ1v) is 5.16. The van der Waals surface area contributed by atoms with E-state index in [4.69, 9.17) is 0 Å². The smallest absolute Gasteiger partial charge is 0.244 e. The van der Waals surface area contributed by atoms with E-state index in [1.807, 2.05) is 6.92 Å². The number of hydrogen-bond acceptors (Lipinski definition) is 2. The molecule has 1 saturated carbocycles. The van der Waals surface area contributed by atoms with Gasteiger partial charge < -0.3 is 9.80 Å². The predicted octanol–water partition coefficient (Wildman–Crippen LogP) is 0.0855. The standard InChI is InChI=1S/C10H16N2O2/c1-7-9(13)11(2)5-6-12(7)10(14)8-3-4-8/h7-8H,3-6H2,1-2H3. The molecule has 1 heterocycles. The van der Waals surface area contributed by atoms with Gasteiger partial charge in [-0.2, -0.15) is 0 Å². The molecule has 0 bridgehead atoms. The van der Waals surface area contributed by atoms with E-state index < -0.39 is 0 Å². The minimum Gasteiger partial charge on any atom is -0.342 e. The first-order valence-electron chi connectivity index (χ1n) is 5.16. The van der Waals surface area contributed by atoms with Gasteiger partial charge in [0, 0.05) is 26.1 Å². The fraction of sp³-hybridized carbons (Fsp3) is 0.800. The highest BCUT2D eigenvalue weighted by atomic mass is 16.2. The fourth-order valence-corrected chi connectivity index (χ4v) is 1.88. The molecule has 2 amide bonds. The van der Waals surface area contributed by atoms with Gasteiger partial charge in [-0.3, -0.25) is 9.59 Å². The Morgan fingerprint density at radius 2 is 2.00 bits per heavy atom. The van der Waals surface area contributed by atoms with Crippen LogP contribution in [-0.2, 0) is 9.59 Å². The van der Waals surface area contributed by atoms with Crippen LogP contribution in [0.25, 0.3) is 0 Å². The number of likely N-dealkylation sites (N-methyl/N-ethyl adjacent to an activating group) is 1. The van der Waals surface area contributed by atoms with Gasteiger partial charge in [-0.25, -0.2) is 0 Å². The molecule has 2 aliphatic rings. The van der Waals surface area contributed by atoms with E-state index in [9.17, 15) is 9.59 Å². The molecule has 0 aromatic carbocycles. The highest BCUT2D eigenvalue weighted by Crippen LogP contribution is 2.32. The monoisotopic (exact) mass is 196 g/mol. The van der Waals surface area contributed by atoms with Crippen molar-refractivity contribution < 1.29 is 9.59 Å². The number of hydrogen-bond donors (Lipinski definition) is 0. The van der Waals surface area contributed by atoms with Crippen LogP contribution in [0.1, 0.15) is 19.8 Å². The van der Waals surface area contributed by atoms with Crippen LogP contribution in [0.2, 0.25) is 0 Å². The van der Waals surface area contributed by atoms with Crippen molar-refractivity contribution >= 4 is 11.8 Å². The van der Waals surface area contributed by atoms with Crippen molar-refractivity contribution in [1.29, 1.82) is 0 Å². The van der Waals surface area contributed by atoms with E-state index >= 15 is 0 Å².